The molecule has 0 bridgehead atoms. The summed E-state index contributed by atoms with van der Waals surface area (Å²) >= 11 is 0. The minimum absolute atomic E-state index is 0.0587. The van der Waals surface area contributed by atoms with E-state index in [1.165, 1.54) is 0 Å². The van der Waals surface area contributed by atoms with Crippen LogP contribution in [0.2, 0.25) is 0 Å². The maximum atomic E-state index is 12.4. The van der Waals surface area contributed by atoms with E-state index in [0.717, 1.165) is 12.0 Å². The Morgan fingerprint density at radius 2 is 1.95 bits per heavy atom. The molecule has 0 spiro atoms. The fourth-order valence-electron chi connectivity index (χ4n) is 2.95. The summed E-state index contributed by atoms with van der Waals surface area (Å²) in [5.41, 5.74) is 0.485. The van der Waals surface area contributed by atoms with Crippen LogP contribution >= 0.6 is 0 Å². The van der Waals surface area contributed by atoms with Gasteiger partial charge in [-0.05, 0) is 30.5 Å². The van der Waals surface area contributed by atoms with E-state index in [9.17, 15) is 14.7 Å². The van der Waals surface area contributed by atoms with E-state index < -0.39 is 11.4 Å². The lowest BCUT2D eigenvalue weighted by molar-refractivity contribution is -0.148. The van der Waals surface area contributed by atoms with Crippen molar-refractivity contribution in [1.29, 1.82) is 0 Å². The lowest BCUT2D eigenvalue weighted by atomic mass is 9.83. The van der Waals surface area contributed by atoms with Crippen molar-refractivity contribution < 1.29 is 19.8 Å². The third kappa shape index (κ3) is 3.08. The number of rotatable bonds is 5. The first-order chi connectivity index (χ1) is 10.0. The summed E-state index contributed by atoms with van der Waals surface area (Å²) in [5.74, 6) is -0.950. The van der Waals surface area contributed by atoms with Gasteiger partial charge in [0, 0.05) is 18.7 Å². The largest absolute Gasteiger partial charge is 0.481 e. The molecule has 1 fully saturated rings. The van der Waals surface area contributed by atoms with Gasteiger partial charge in [0.05, 0.1) is 12.0 Å². The summed E-state index contributed by atoms with van der Waals surface area (Å²) in [6.07, 6.45) is 1.89. The SMILES string of the molecule is CCCC1(C(=O)O)CCN(C(=O)c2ccc(CO)cc2)C1. The molecule has 0 aromatic heterocycles. The zero-order chi connectivity index (χ0) is 15.5. The average Bonchev–Trinajstić information content (AvgIpc) is 2.93. The Morgan fingerprint density at radius 1 is 1.29 bits per heavy atom. The van der Waals surface area contributed by atoms with Crippen molar-refractivity contribution in [3.05, 3.63) is 35.4 Å². The van der Waals surface area contributed by atoms with Gasteiger partial charge in [0.25, 0.3) is 5.91 Å². The number of likely N-dealkylation sites (tertiary alicyclic amines) is 1. The van der Waals surface area contributed by atoms with Gasteiger partial charge in [-0.3, -0.25) is 9.59 Å². The van der Waals surface area contributed by atoms with Crippen molar-refractivity contribution in [2.45, 2.75) is 32.8 Å². The van der Waals surface area contributed by atoms with Crippen LogP contribution in [0.1, 0.15) is 42.1 Å². The lowest BCUT2D eigenvalue weighted by Gasteiger charge is -2.24. The third-order valence-corrected chi connectivity index (χ3v) is 4.21. The molecular formula is C16H21NO4. The Balaban J connectivity index is 2.12. The standard InChI is InChI=1S/C16H21NO4/c1-2-7-16(15(20)21)8-9-17(11-16)14(19)13-5-3-12(10-18)4-6-13/h3-6,18H,2,7-11H2,1H3,(H,20,21). The molecule has 0 aliphatic carbocycles. The number of aliphatic carboxylic acids is 1. The van der Waals surface area contributed by atoms with E-state index in [-0.39, 0.29) is 19.1 Å². The first-order valence-electron chi connectivity index (χ1n) is 7.25. The molecule has 2 rings (SSSR count). The molecule has 2 N–H and O–H groups in total. The van der Waals surface area contributed by atoms with Crippen molar-refractivity contribution in [2.75, 3.05) is 13.1 Å². The Bertz CT molecular complexity index is 526. The Kier molecular flexibility index (Phi) is 4.63. The summed E-state index contributed by atoms with van der Waals surface area (Å²) < 4.78 is 0. The fraction of sp³-hybridized carbons (Fsp3) is 0.500. The van der Waals surface area contributed by atoms with Gasteiger partial charge in [0.1, 0.15) is 0 Å². The second-order valence-corrected chi connectivity index (χ2v) is 5.67. The fourth-order valence-corrected chi connectivity index (χ4v) is 2.95. The van der Waals surface area contributed by atoms with E-state index in [1.807, 2.05) is 6.92 Å². The molecule has 5 nitrogen and oxygen atoms in total. The number of carbonyl (C=O) groups is 2. The summed E-state index contributed by atoms with van der Waals surface area (Å²) in [5, 5.41) is 18.5. The normalized spacial score (nSPS) is 21.5. The number of hydrogen-bond acceptors (Lipinski definition) is 3. The molecule has 0 radical (unpaired) electrons. The van der Waals surface area contributed by atoms with E-state index in [4.69, 9.17) is 5.11 Å². The minimum atomic E-state index is -0.810. The highest BCUT2D eigenvalue weighted by atomic mass is 16.4. The van der Waals surface area contributed by atoms with Crippen molar-refractivity contribution in [1.82, 2.24) is 4.90 Å². The van der Waals surface area contributed by atoms with Gasteiger partial charge in [0.2, 0.25) is 0 Å². The first-order valence-corrected chi connectivity index (χ1v) is 7.25. The van der Waals surface area contributed by atoms with Crippen LogP contribution in [-0.2, 0) is 11.4 Å². The van der Waals surface area contributed by atoms with Crippen molar-refractivity contribution in [3.63, 3.8) is 0 Å². The lowest BCUT2D eigenvalue weighted by Crippen LogP contribution is -2.36. The summed E-state index contributed by atoms with van der Waals surface area (Å²) in [6.45, 7) is 2.66. The predicted molar refractivity (Wildman–Crippen MR) is 77.9 cm³/mol. The number of carboxylic acid groups (broad SMARTS) is 1. The molecule has 5 heteroatoms. The highest BCUT2D eigenvalue weighted by molar-refractivity contribution is 5.95. The van der Waals surface area contributed by atoms with Crippen LogP contribution < -0.4 is 0 Å². The number of carbonyl (C=O) groups excluding carboxylic acids is 1. The Hall–Kier alpha value is -1.88. The van der Waals surface area contributed by atoms with E-state index in [1.54, 1.807) is 29.2 Å². The molecule has 1 amide bonds. The second kappa shape index (κ2) is 6.26. The number of aliphatic hydroxyl groups excluding tert-OH is 1. The molecule has 0 saturated carbocycles. The zero-order valence-electron chi connectivity index (χ0n) is 12.2. The molecule has 114 valence electrons. The number of carboxylic acids is 1. The van der Waals surface area contributed by atoms with Crippen molar-refractivity contribution in [2.24, 2.45) is 5.41 Å². The van der Waals surface area contributed by atoms with Crippen LogP contribution in [0, 0.1) is 5.41 Å². The molecule has 1 aliphatic heterocycles. The van der Waals surface area contributed by atoms with Gasteiger partial charge in [0.15, 0.2) is 0 Å². The Labute approximate surface area is 124 Å². The molecular weight excluding hydrogens is 270 g/mol. The van der Waals surface area contributed by atoms with Gasteiger partial charge < -0.3 is 15.1 Å². The highest BCUT2D eigenvalue weighted by Gasteiger charge is 2.45. The molecule has 1 unspecified atom stereocenters. The van der Waals surface area contributed by atoms with E-state index in [0.29, 0.717) is 24.9 Å². The van der Waals surface area contributed by atoms with Crippen LogP contribution in [0.4, 0.5) is 0 Å². The van der Waals surface area contributed by atoms with E-state index >= 15 is 0 Å². The first kappa shape index (κ1) is 15.5. The summed E-state index contributed by atoms with van der Waals surface area (Å²) in [6, 6.07) is 6.77. The van der Waals surface area contributed by atoms with Crippen LogP contribution in [0.3, 0.4) is 0 Å². The molecule has 1 aromatic carbocycles. The predicted octanol–water partition coefficient (Wildman–Crippen LogP) is 1.90. The third-order valence-electron chi connectivity index (χ3n) is 4.21. The Morgan fingerprint density at radius 3 is 2.48 bits per heavy atom. The second-order valence-electron chi connectivity index (χ2n) is 5.67. The maximum absolute atomic E-state index is 12.4. The molecule has 21 heavy (non-hydrogen) atoms. The topological polar surface area (TPSA) is 77.8 Å². The zero-order valence-corrected chi connectivity index (χ0v) is 12.2. The quantitative estimate of drug-likeness (QED) is 0.868. The average molecular weight is 291 g/mol. The van der Waals surface area contributed by atoms with Crippen molar-refractivity contribution >= 4 is 11.9 Å². The molecule has 1 atom stereocenters. The summed E-state index contributed by atoms with van der Waals surface area (Å²) in [4.78, 5) is 25.6. The van der Waals surface area contributed by atoms with E-state index in [2.05, 4.69) is 0 Å². The molecule has 1 heterocycles. The monoisotopic (exact) mass is 291 g/mol. The van der Waals surface area contributed by atoms with Crippen LogP contribution in [0.5, 0.6) is 0 Å². The highest BCUT2D eigenvalue weighted by Crippen LogP contribution is 2.36. The number of aliphatic hydroxyl groups is 1. The van der Waals surface area contributed by atoms with Gasteiger partial charge in [-0.25, -0.2) is 0 Å². The number of hydrogen-bond donors (Lipinski definition) is 2. The summed E-state index contributed by atoms with van der Waals surface area (Å²) in [7, 11) is 0. The van der Waals surface area contributed by atoms with Gasteiger partial charge in [-0.15, -0.1) is 0 Å². The molecule has 1 aromatic rings. The van der Waals surface area contributed by atoms with Crippen LogP contribution in [-0.4, -0.2) is 40.1 Å². The van der Waals surface area contributed by atoms with Gasteiger partial charge in [-0.1, -0.05) is 25.5 Å². The van der Waals surface area contributed by atoms with Crippen molar-refractivity contribution in [3.8, 4) is 0 Å². The molecule has 1 aliphatic rings. The van der Waals surface area contributed by atoms with Gasteiger partial charge >= 0.3 is 5.97 Å². The minimum Gasteiger partial charge on any atom is -0.481 e. The van der Waals surface area contributed by atoms with Crippen LogP contribution in [0.25, 0.3) is 0 Å². The maximum Gasteiger partial charge on any atom is 0.311 e. The number of amides is 1. The van der Waals surface area contributed by atoms with Crippen LogP contribution in [0.15, 0.2) is 24.3 Å². The van der Waals surface area contributed by atoms with Gasteiger partial charge in [-0.2, -0.15) is 0 Å². The smallest absolute Gasteiger partial charge is 0.311 e. The number of nitrogens with zero attached hydrogens (tertiary/aromatic N) is 1. The molecule has 1 saturated heterocycles. The number of benzene rings is 1.